The molecule has 152 valence electrons. The lowest BCUT2D eigenvalue weighted by Crippen LogP contribution is -2.42. The average Bonchev–Trinajstić information content (AvgIpc) is 3.53. The monoisotopic (exact) mass is 393 g/mol. The van der Waals surface area contributed by atoms with Crippen molar-refractivity contribution in [1.82, 2.24) is 24.6 Å². The second-order valence-corrected chi connectivity index (χ2v) is 8.50. The minimum absolute atomic E-state index is 0.181. The maximum absolute atomic E-state index is 12.8. The molecule has 1 aromatic heterocycles. The van der Waals surface area contributed by atoms with Gasteiger partial charge in [-0.3, -0.25) is 9.59 Å². The molecule has 29 heavy (non-hydrogen) atoms. The molecule has 3 aliphatic rings. The molecule has 0 radical (unpaired) electrons. The smallest absolute Gasteiger partial charge is 0.227 e. The van der Waals surface area contributed by atoms with Crippen molar-refractivity contribution < 1.29 is 9.59 Å². The summed E-state index contributed by atoms with van der Waals surface area (Å²) in [7, 11) is 0. The third-order valence-corrected chi connectivity index (χ3v) is 6.36. The van der Waals surface area contributed by atoms with Gasteiger partial charge in [-0.2, -0.15) is 0 Å². The number of hydrogen-bond acceptors (Lipinski definition) is 4. The highest BCUT2D eigenvalue weighted by Gasteiger charge is 2.36. The second-order valence-electron chi connectivity index (χ2n) is 8.50. The molecule has 1 atom stereocenters. The van der Waals surface area contributed by atoms with Gasteiger partial charge < -0.3 is 14.4 Å². The van der Waals surface area contributed by atoms with Crippen molar-refractivity contribution in [2.24, 2.45) is 5.92 Å². The number of hydrogen-bond donors (Lipinski definition) is 0. The van der Waals surface area contributed by atoms with Crippen LogP contribution in [-0.4, -0.2) is 56.0 Å². The van der Waals surface area contributed by atoms with E-state index in [2.05, 4.69) is 14.8 Å². The molecule has 7 nitrogen and oxygen atoms in total. The van der Waals surface area contributed by atoms with Crippen LogP contribution in [0.2, 0.25) is 0 Å². The van der Waals surface area contributed by atoms with E-state index in [-0.39, 0.29) is 23.7 Å². The summed E-state index contributed by atoms with van der Waals surface area (Å²) in [6, 6.07) is 9.92. The molecular formula is C22H27N5O2. The number of fused-ring (bicyclic) bond motifs is 1. The summed E-state index contributed by atoms with van der Waals surface area (Å²) in [5.41, 5.74) is 1.06. The Labute approximate surface area is 170 Å². The normalized spacial score (nSPS) is 21.7. The van der Waals surface area contributed by atoms with Crippen LogP contribution in [0.1, 0.15) is 48.8 Å². The Morgan fingerprint density at radius 3 is 2.59 bits per heavy atom. The third-order valence-electron chi connectivity index (χ3n) is 6.36. The van der Waals surface area contributed by atoms with Crippen LogP contribution in [0.25, 0.3) is 0 Å². The summed E-state index contributed by atoms with van der Waals surface area (Å²) < 4.78 is 2.19. The number of aromatic nitrogens is 3. The number of carbonyl (C=O) groups excluding carboxylic acids is 2. The van der Waals surface area contributed by atoms with Gasteiger partial charge in [0.05, 0.1) is 13.0 Å². The molecule has 1 aliphatic carbocycles. The number of rotatable bonds is 4. The van der Waals surface area contributed by atoms with Gasteiger partial charge in [0, 0.05) is 38.0 Å². The van der Waals surface area contributed by atoms with Crippen molar-refractivity contribution in [3.63, 3.8) is 0 Å². The standard InChI is InChI=1S/C22H27N5O2/c28-20(13-16-5-2-1-3-6-16)25-10-4-7-18(14-25)21-24-23-19-15-26(11-12-27(19)21)22(29)17-8-9-17/h1-3,5-6,17-18H,4,7-15H2. The highest BCUT2D eigenvalue weighted by Crippen LogP contribution is 2.33. The maximum atomic E-state index is 12.8. The lowest BCUT2D eigenvalue weighted by atomic mass is 9.96. The number of piperidine rings is 1. The van der Waals surface area contributed by atoms with Crippen molar-refractivity contribution >= 4 is 11.8 Å². The highest BCUT2D eigenvalue weighted by molar-refractivity contribution is 5.81. The minimum Gasteiger partial charge on any atom is -0.342 e. The highest BCUT2D eigenvalue weighted by atomic mass is 16.2. The Morgan fingerprint density at radius 1 is 0.966 bits per heavy atom. The van der Waals surface area contributed by atoms with Crippen LogP contribution in [0.5, 0.6) is 0 Å². The molecule has 5 rings (SSSR count). The molecule has 1 unspecified atom stereocenters. The summed E-state index contributed by atoms with van der Waals surface area (Å²) in [6.07, 6.45) is 4.52. The first-order valence-electron chi connectivity index (χ1n) is 10.7. The molecule has 2 aromatic rings. The Hall–Kier alpha value is -2.70. The van der Waals surface area contributed by atoms with Crippen molar-refractivity contribution in [2.45, 2.75) is 51.1 Å². The van der Waals surface area contributed by atoms with E-state index in [1.54, 1.807) is 0 Å². The number of amides is 2. The molecule has 0 bridgehead atoms. The van der Waals surface area contributed by atoms with Crippen molar-refractivity contribution in [3.8, 4) is 0 Å². The van der Waals surface area contributed by atoms with E-state index in [1.807, 2.05) is 40.1 Å². The summed E-state index contributed by atoms with van der Waals surface area (Å²) >= 11 is 0. The number of benzene rings is 1. The topological polar surface area (TPSA) is 71.3 Å². The maximum Gasteiger partial charge on any atom is 0.227 e. The Bertz CT molecular complexity index is 905. The number of carbonyl (C=O) groups is 2. The zero-order valence-electron chi connectivity index (χ0n) is 16.7. The molecular weight excluding hydrogens is 366 g/mol. The minimum atomic E-state index is 0.181. The first-order chi connectivity index (χ1) is 14.2. The molecule has 7 heteroatoms. The van der Waals surface area contributed by atoms with Crippen LogP contribution in [0.4, 0.5) is 0 Å². The van der Waals surface area contributed by atoms with E-state index in [4.69, 9.17) is 0 Å². The van der Waals surface area contributed by atoms with Crippen LogP contribution in [0.15, 0.2) is 30.3 Å². The first-order valence-corrected chi connectivity index (χ1v) is 10.7. The van der Waals surface area contributed by atoms with Crippen molar-refractivity contribution in [3.05, 3.63) is 47.5 Å². The molecule has 2 aliphatic heterocycles. The van der Waals surface area contributed by atoms with E-state index in [0.29, 0.717) is 19.5 Å². The molecule has 0 N–H and O–H groups in total. The molecule has 2 amide bonds. The van der Waals surface area contributed by atoms with Crippen LogP contribution in [0, 0.1) is 5.92 Å². The van der Waals surface area contributed by atoms with Gasteiger partial charge in [0.15, 0.2) is 5.82 Å². The SMILES string of the molecule is O=C(Cc1ccccc1)N1CCCC(c2nnc3n2CCN(C(=O)C2CC2)C3)C1. The van der Waals surface area contributed by atoms with Crippen LogP contribution in [0.3, 0.4) is 0 Å². The van der Waals surface area contributed by atoms with Gasteiger partial charge in [-0.15, -0.1) is 10.2 Å². The van der Waals surface area contributed by atoms with E-state index < -0.39 is 0 Å². The fourth-order valence-corrected chi connectivity index (χ4v) is 4.56. The third kappa shape index (κ3) is 3.78. The quantitative estimate of drug-likeness (QED) is 0.796. The lowest BCUT2D eigenvalue weighted by Gasteiger charge is -2.34. The van der Waals surface area contributed by atoms with Gasteiger partial charge in [-0.1, -0.05) is 30.3 Å². The molecule has 0 spiro atoms. The van der Waals surface area contributed by atoms with Crippen molar-refractivity contribution in [1.29, 1.82) is 0 Å². The number of nitrogens with zero attached hydrogens (tertiary/aromatic N) is 5. The molecule has 1 saturated heterocycles. The fourth-order valence-electron chi connectivity index (χ4n) is 4.56. The van der Waals surface area contributed by atoms with E-state index in [0.717, 1.165) is 62.5 Å². The Balaban J connectivity index is 1.26. The average molecular weight is 393 g/mol. The Kier molecular flexibility index (Phi) is 4.81. The summed E-state index contributed by atoms with van der Waals surface area (Å²) in [5, 5.41) is 8.89. The largest absolute Gasteiger partial charge is 0.342 e. The van der Waals surface area contributed by atoms with Gasteiger partial charge in [-0.25, -0.2) is 0 Å². The number of likely N-dealkylation sites (tertiary alicyclic amines) is 1. The van der Waals surface area contributed by atoms with Crippen molar-refractivity contribution in [2.75, 3.05) is 19.6 Å². The Morgan fingerprint density at radius 2 is 1.79 bits per heavy atom. The van der Waals surface area contributed by atoms with E-state index >= 15 is 0 Å². The summed E-state index contributed by atoms with van der Waals surface area (Å²) in [5.74, 6) is 2.78. The van der Waals surface area contributed by atoms with E-state index in [9.17, 15) is 9.59 Å². The molecule has 2 fully saturated rings. The van der Waals surface area contributed by atoms with Crippen LogP contribution < -0.4 is 0 Å². The predicted octanol–water partition coefficient (Wildman–Crippen LogP) is 1.98. The zero-order chi connectivity index (χ0) is 19.8. The lowest BCUT2D eigenvalue weighted by molar-refractivity contribution is -0.134. The summed E-state index contributed by atoms with van der Waals surface area (Å²) in [6.45, 7) is 3.56. The molecule has 1 aromatic carbocycles. The van der Waals surface area contributed by atoms with Gasteiger partial charge in [-0.05, 0) is 31.2 Å². The van der Waals surface area contributed by atoms with Gasteiger partial charge >= 0.3 is 0 Å². The molecule has 3 heterocycles. The summed E-state index contributed by atoms with van der Waals surface area (Å²) in [4.78, 5) is 29.1. The predicted molar refractivity (Wildman–Crippen MR) is 107 cm³/mol. The second kappa shape index (κ2) is 7.61. The van der Waals surface area contributed by atoms with Gasteiger partial charge in [0.1, 0.15) is 5.82 Å². The first kappa shape index (κ1) is 18.3. The zero-order valence-corrected chi connectivity index (χ0v) is 16.7. The van der Waals surface area contributed by atoms with Crippen LogP contribution in [-0.2, 0) is 29.1 Å². The van der Waals surface area contributed by atoms with Crippen LogP contribution >= 0.6 is 0 Å². The molecule has 1 saturated carbocycles. The van der Waals surface area contributed by atoms with E-state index in [1.165, 1.54) is 0 Å². The fraction of sp³-hybridized carbons (Fsp3) is 0.545. The van der Waals surface area contributed by atoms with Gasteiger partial charge in [0.25, 0.3) is 0 Å². The van der Waals surface area contributed by atoms with Gasteiger partial charge in [0.2, 0.25) is 11.8 Å².